The number of esters is 1. The van der Waals surface area contributed by atoms with E-state index in [4.69, 9.17) is 4.74 Å². The maximum atomic E-state index is 13.1. The predicted octanol–water partition coefficient (Wildman–Crippen LogP) is 3.59. The zero-order chi connectivity index (χ0) is 12.2. The number of rotatable bonds is 4. The van der Waals surface area contributed by atoms with Crippen molar-refractivity contribution in [1.29, 1.82) is 0 Å². The van der Waals surface area contributed by atoms with Gasteiger partial charge in [-0.15, -0.1) is 0 Å². The minimum absolute atomic E-state index is 0.105. The third-order valence-corrected chi connectivity index (χ3v) is 2.73. The molecular weight excluding hydrogens is 322 g/mol. The monoisotopic (exact) mass is 336 g/mol. The van der Waals surface area contributed by atoms with Crippen LogP contribution >= 0.6 is 22.6 Å². The van der Waals surface area contributed by atoms with Crippen LogP contribution in [0.3, 0.4) is 0 Å². The number of benzene rings is 1. The summed E-state index contributed by atoms with van der Waals surface area (Å²) in [6, 6.07) is 7.06. The zero-order valence-electron chi connectivity index (χ0n) is 9.30. The molecule has 0 amide bonds. The molecule has 0 aliphatic carbocycles. The lowest BCUT2D eigenvalue weighted by molar-refractivity contribution is 0.0432. The van der Waals surface area contributed by atoms with Crippen molar-refractivity contribution in [1.82, 2.24) is 0 Å². The van der Waals surface area contributed by atoms with Gasteiger partial charge in [-0.25, -0.2) is 9.18 Å². The lowest BCUT2D eigenvalue weighted by atomic mass is 10.1. The van der Waals surface area contributed by atoms with Crippen molar-refractivity contribution in [2.24, 2.45) is 0 Å². The van der Waals surface area contributed by atoms with Crippen LogP contribution in [-0.4, -0.2) is 18.2 Å². The molecule has 0 spiro atoms. The predicted molar refractivity (Wildman–Crippen MR) is 69.2 cm³/mol. The summed E-state index contributed by atoms with van der Waals surface area (Å²) >= 11 is 2.16. The summed E-state index contributed by atoms with van der Waals surface area (Å²) in [4.78, 5) is 11.5. The van der Waals surface area contributed by atoms with E-state index < -0.39 is 11.6 Å². The summed E-state index contributed by atoms with van der Waals surface area (Å²) in [5.74, 6) is -0.402. The molecule has 0 unspecified atom stereocenters. The van der Waals surface area contributed by atoms with Crippen LogP contribution in [0.2, 0.25) is 0 Å². The van der Waals surface area contributed by atoms with Crippen molar-refractivity contribution in [2.45, 2.75) is 25.9 Å². The second kappa shape index (κ2) is 5.61. The quantitative estimate of drug-likeness (QED) is 0.621. The van der Waals surface area contributed by atoms with E-state index >= 15 is 0 Å². The molecule has 1 aromatic rings. The molecule has 0 atom stereocenters. The van der Waals surface area contributed by atoms with E-state index in [0.717, 1.165) is 3.57 Å². The summed E-state index contributed by atoms with van der Waals surface area (Å²) < 4.78 is 19.1. The smallest absolute Gasteiger partial charge is 0.338 e. The largest absolute Gasteiger partial charge is 0.462 e. The van der Waals surface area contributed by atoms with Crippen molar-refractivity contribution >= 4 is 28.6 Å². The van der Waals surface area contributed by atoms with E-state index in [9.17, 15) is 9.18 Å². The van der Waals surface area contributed by atoms with E-state index in [1.807, 2.05) is 12.1 Å². The third-order valence-electron chi connectivity index (χ3n) is 2.01. The molecule has 0 N–H and O–H groups in total. The lowest BCUT2D eigenvalue weighted by Gasteiger charge is -2.13. The summed E-state index contributed by atoms with van der Waals surface area (Å²) in [6.45, 7) is 3.03. The van der Waals surface area contributed by atoms with Crippen LogP contribution in [0.5, 0.6) is 0 Å². The Morgan fingerprint density at radius 3 is 2.44 bits per heavy atom. The Morgan fingerprint density at radius 2 is 1.94 bits per heavy atom. The molecular formula is C12H14FIO2. The number of alkyl halides is 1. The summed E-state index contributed by atoms with van der Waals surface area (Å²) in [7, 11) is 0. The highest BCUT2D eigenvalue weighted by Gasteiger charge is 2.16. The first kappa shape index (κ1) is 13.4. The first-order valence-corrected chi connectivity index (χ1v) is 6.08. The fourth-order valence-electron chi connectivity index (χ4n) is 1.06. The molecule has 1 aromatic carbocycles. The fourth-order valence-corrected chi connectivity index (χ4v) is 1.42. The summed E-state index contributed by atoms with van der Waals surface area (Å²) in [6.07, 6.45) is 0.211. The zero-order valence-corrected chi connectivity index (χ0v) is 11.5. The standard InChI is InChI=1S/C12H14FIO2/c1-12(2,13)7-8-16-11(15)9-3-5-10(14)6-4-9/h3-6H,7-8H2,1-2H3. The van der Waals surface area contributed by atoms with E-state index in [0.29, 0.717) is 5.56 Å². The maximum Gasteiger partial charge on any atom is 0.338 e. The molecule has 0 radical (unpaired) electrons. The molecule has 0 heterocycles. The summed E-state index contributed by atoms with van der Waals surface area (Å²) in [5.41, 5.74) is -0.802. The van der Waals surface area contributed by atoms with Gasteiger partial charge >= 0.3 is 5.97 Å². The van der Waals surface area contributed by atoms with Crippen molar-refractivity contribution in [3.05, 3.63) is 33.4 Å². The second-order valence-electron chi connectivity index (χ2n) is 4.11. The van der Waals surface area contributed by atoms with E-state index in [1.54, 1.807) is 12.1 Å². The minimum Gasteiger partial charge on any atom is -0.462 e. The van der Waals surface area contributed by atoms with Crippen molar-refractivity contribution in [3.63, 3.8) is 0 Å². The highest BCUT2D eigenvalue weighted by atomic mass is 127. The topological polar surface area (TPSA) is 26.3 Å². The minimum atomic E-state index is -1.30. The molecule has 88 valence electrons. The number of hydrogen-bond acceptors (Lipinski definition) is 2. The molecule has 0 bridgehead atoms. The van der Waals surface area contributed by atoms with Gasteiger partial charge in [0.25, 0.3) is 0 Å². The van der Waals surface area contributed by atoms with E-state index in [1.165, 1.54) is 13.8 Å². The van der Waals surface area contributed by atoms with Gasteiger partial charge in [-0.2, -0.15) is 0 Å². The van der Waals surface area contributed by atoms with Crippen LogP contribution < -0.4 is 0 Å². The Bertz CT molecular complexity index is 354. The molecule has 0 aliphatic heterocycles. The van der Waals surface area contributed by atoms with Crippen molar-refractivity contribution in [2.75, 3.05) is 6.61 Å². The lowest BCUT2D eigenvalue weighted by Crippen LogP contribution is -2.17. The van der Waals surface area contributed by atoms with Crippen LogP contribution in [-0.2, 0) is 4.74 Å². The molecule has 4 heteroatoms. The molecule has 1 rings (SSSR count). The third kappa shape index (κ3) is 4.92. The molecule has 0 saturated carbocycles. The van der Waals surface area contributed by atoms with Gasteiger partial charge in [0.2, 0.25) is 0 Å². The Labute approximate surface area is 108 Å². The normalized spacial score (nSPS) is 11.2. The van der Waals surface area contributed by atoms with Crippen LogP contribution in [0.1, 0.15) is 30.6 Å². The van der Waals surface area contributed by atoms with Crippen LogP contribution in [0.4, 0.5) is 4.39 Å². The van der Waals surface area contributed by atoms with Gasteiger partial charge in [-0.05, 0) is 60.7 Å². The van der Waals surface area contributed by atoms with E-state index in [2.05, 4.69) is 22.6 Å². The van der Waals surface area contributed by atoms with Gasteiger partial charge in [0.05, 0.1) is 12.2 Å². The molecule has 2 nitrogen and oxygen atoms in total. The molecule has 0 aliphatic rings. The number of carbonyl (C=O) groups is 1. The fraction of sp³-hybridized carbons (Fsp3) is 0.417. The van der Waals surface area contributed by atoms with Gasteiger partial charge in [0, 0.05) is 9.99 Å². The van der Waals surface area contributed by atoms with Crippen molar-refractivity contribution < 1.29 is 13.9 Å². The van der Waals surface area contributed by atoms with Crippen LogP contribution in [0.25, 0.3) is 0 Å². The highest BCUT2D eigenvalue weighted by Crippen LogP contribution is 2.14. The average molecular weight is 336 g/mol. The molecule has 0 fully saturated rings. The van der Waals surface area contributed by atoms with Gasteiger partial charge in [0.1, 0.15) is 5.67 Å². The van der Waals surface area contributed by atoms with Crippen LogP contribution in [0, 0.1) is 3.57 Å². The molecule has 16 heavy (non-hydrogen) atoms. The average Bonchev–Trinajstić information content (AvgIpc) is 2.16. The number of halogens is 2. The van der Waals surface area contributed by atoms with Gasteiger partial charge in [-0.1, -0.05) is 0 Å². The maximum absolute atomic E-state index is 13.1. The van der Waals surface area contributed by atoms with Crippen molar-refractivity contribution in [3.8, 4) is 0 Å². The van der Waals surface area contributed by atoms with Crippen LogP contribution in [0.15, 0.2) is 24.3 Å². The Morgan fingerprint density at radius 1 is 1.38 bits per heavy atom. The van der Waals surface area contributed by atoms with E-state index in [-0.39, 0.29) is 13.0 Å². The summed E-state index contributed by atoms with van der Waals surface area (Å²) in [5, 5.41) is 0. The Hall–Kier alpha value is -0.650. The van der Waals surface area contributed by atoms with Gasteiger partial charge in [0.15, 0.2) is 0 Å². The Balaban J connectivity index is 2.44. The SMILES string of the molecule is CC(C)(F)CCOC(=O)c1ccc(I)cc1. The first-order valence-electron chi connectivity index (χ1n) is 5.00. The number of hydrogen-bond donors (Lipinski definition) is 0. The Kier molecular flexibility index (Phi) is 4.70. The first-order chi connectivity index (χ1) is 7.38. The van der Waals surface area contributed by atoms with Gasteiger partial charge < -0.3 is 4.74 Å². The highest BCUT2D eigenvalue weighted by molar-refractivity contribution is 14.1. The molecule has 0 aromatic heterocycles. The van der Waals surface area contributed by atoms with Gasteiger partial charge in [-0.3, -0.25) is 0 Å². The molecule has 0 saturated heterocycles. The number of ether oxygens (including phenoxy) is 1. The number of carbonyl (C=O) groups excluding carboxylic acids is 1. The second-order valence-corrected chi connectivity index (χ2v) is 5.36.